The molecule has 0 aliphatic carbocycles. The summed E-state index contributed by atoms with van der Waals surface area (Å²) in [6.07, 6.45) is 8.40. The van der Waals surface area contributed by atoms with Crippen molar-refractivity contribution < 1.29 is 0 Å². The van der Waals surface area contributed by atoms with Crippen LogP contribution in [0.1, 0.15) is 25.1 Å². The van der Waals surface area contributed by atoms with Gasteiger partial charge >= 0.3 is 0 Å². The molecular formula is C50H39N. The van der Waals surface area contributed by atoms with E-state index >= 15 is 0 Å². The Morgan fingerprint density at radius 1 is 0.451 bits per heavy atom. The molecule has 0 amide bonds. The van der Waals surface area contributed by atoms with E-state index in [1.807, 2.05) is 13.1 Å². The molecule has 0 N–H and O–H groups in total. The predicted molar refractivity (Wildman–Crippen MR) is 220 cm³/mol. The van der Waals surface area contributed by atoms with Crippen LogP contribution in [0.4, 0.5) is 0 Å². The molecule has 8 aromatic rings. The van der Waals surface area contributed by atoms with Gasteiger partial charge in [-0.15, -0.1) is 0 Å². The summed E-state index contributed by atoms with van der Waals surface area (Å²) in [5.41, 5.74) is 15.5. The summed E-state index contributed by atoms with van der Waals surface area (Å²) in [4.78, 5) is 4.55. The molecule has 0 spiro atoms. The van der Waals surface area contributed by atoms with Crippen LogP contribution in [0.15, 0.2) is 182 Å². The van der Waals surface area contributed by atoms with Crippen LogP contribution < -0.4 is 0 Å². The maximum atomic E-state index is 4.55. The highest BCUT2D eigenvalue weighted by atomic mass is 14.7. The highest BCUT2D eigenvalue weighted by molar-refractivity contribution is 6.22. The molecule has 0 saturated heterocycles. The fourth-order valence-electron chi connectivity index (χ4n) is 7.41. The molecule has 1 nitrogen and oxygen atoms in total. The molecule has 0 saturated carbocycles. The van der Waals surface area contributed by atoms with Gasteiger partial charge in [0.1, 0.15) is 0 Å². The summed E-state index contributed by atoms with van der Waals surface area (Å²) in [7, 11) is 0. The number of pyridine rings is 1. The molecule has 1 heteroatoms. The first-order chi connectivity index (χ1) is 25.1. The third-order valence-corrected chi connectivity index (χ3v) is 9.93. The number of hydrogen-bond donors (Lipinski definition) is 0. The van der Waals surface area contributed by atoms with E-state index in [0.29, 0.717) is 0 Å². The largest absolute Gasteiger partial charge is 0.261 e. The molecule has 1 aromatic heterocycles. The van der Waals surface area contributed by atoms with E-state index in [9.17, 15) is 0 Å². The predicted octanol–water partition coefficient (Wildman–Crippen LogP) is 14.0. The van der Waals surface area contributed by atoms with Gasteiger partial charge in [-0.25, -0.2) is 0 Å². The van der Waals surface area contributed by atoms with Gasteiger partial charge in [0.15, 0.2) is 0 Å². The SMILES string of the molecule is C/C=C\C(=C/C)c1ccc(-c2c3ccccc3c(-c3ccc(-c4ccc(C)nc4)cc3)c3cc(-c4ccccc4-c4ccccc4)ccc23)cc1. The second-order valence-electron chi connectivity index (χ2n) is 13.1. The number of hydrogen-bond acceptors (Lipinski definition) is 1. The lowest BCUT2D eigenvalue weighted by molar-refractivity contribution is 1.20. The third kappa shape index (κ3) is 6.09. The number of aromatic nitrogens is 1. The van der Waals surface area contributed by atoms with E-state index in [1.54, 1.807) is 0 Å². The third-order valence-electron chi connectivity index (χ3n) is 9.93. The summed E-state index contributed by atoms with van der Waals surface area (Å²) < 4.78 is 0. The van der Waals surface area contributed by atoms with Gasteiger partial charge in [-0.1, -0.05) is 164 Å². The number of aryl methyl sites for hydroxylation is 1. The van der Waals surface area contributed by atoms with E-state index in [0.717, 1.165) is 16.8 Å². The average molecular weight is 654 g/mol. The molecule has 0 unspecified atom stereocenters. The maximum absolute atomic E-state index is 4.55. The Morgan fingerprint density at radius 3 is 1.61 bits per heavy atom. The van der Waals surface area contributed by atoms with Crippen LogP contribution >= 0.6 is 0 Å². The minimum absolute atomic E-state index is 1.02. The zero-order chi connectivity index (χ0) is 34.7. The van der Waals surface area contributed by atoms with Crippen molar-refractivity contribution in [1.82, 2.24) is 4.98 Å². The topological polar surface area (TPSA) is 12.9 Å². The summed E-state index contributed by atoms with van der Waals surface area (Å²) in [5, 5.41) is 4.96. The first kappa shape index (κ1) is 31.9. The monoisotopic (exact) mass is 653 g/mol. The molecule has 8 rings (SSSR count). The second-order valence-corrected chi connectivity index (χ2v) is 13.1. The van der Waals surface area contributed by atoms with E-state index in [4.69, 9.17) is 0 Å². The standard InChI is InChI=1S/C50H39N/c1-4-13-35(5-2)36-22-26-39(27-23-36)49-45-18-11-12-19-46(45)50(40-28-24-37(25-29-40)42-21-20-34(3)51-33-42)48-32-41(30-31-47(48)49)44-17-10-9-16-43(44)38-14-7-6-8-15-38/h4-33H,1-3H3/b13-4-,35-5+. The quantitative estimate of drug-likeness (QED) is 0.123. The van der Waals surface area contributed by atoms with Gasteiger partial charge < -0.3 is 0 Å². The number of rotatable bonds is 7. The average Bonchev–Trinajstić information content (AvgIpc) is 3.19. The number of nitrogens with zero attached hydrogens (tertiary/aromatic N) is 1. The Balaban J connectivity index is 1.39. The zero-order valence-corrected chi connectivity index (χ0v) is 29.3. The highest BCUT2D eigenvalue weighted by Gasteiger charge is 2.19. The molecule has 244 valence electrons. The van der Waals surface area contributed by atoms with Crippen molar-refractivity contribution >= 4 is 27.1 Å². The van der Waals surface area contributed by atoms with Gasteiger partial charge in [-0.3, -0.25) is 4.98 Å². The van der Waals surface area contributed by atoms with E-state index < -0.39 is 0 Å². The van der Waals surface area contributed by atoms with Crippen molar-refractivity contribution in [3.63, 3.8) is 0 Å². The number of benzene rings is 7. The molecular weight excluding hydrogens is 615 g/mol. The van der Waals surface area contributed by atoms with Crippen molar-refractivity contribution in [2.45, 2.75) is 20.8 Å². The first-order valence-electron chi connectivity index (χ1n) is 17.7. The lowest BCUT2D eigenvalue weighted by atomic mass is 9.84. The Bertz CT molecular complexity index is 2550. The molecule has 51 heavy (non-hydrogen) atoms. The maximum Gasteiger partial charge on any atom is 0.0373 e. The van der Waals surface area contributed by atoms with Crippen LogP contribution in [0, 0.1) is 6.92 Å². The van der Waals surface area contributed by atoms with E-state index in [1.165, 1.54) is 77.2 Å². The minimum atomic E-state index is 1.02. The van der Waals surface area contributed by atoms with Crippen molar-refractivity contribution in [1.29, 1.82) is 0 Å². The van der Waals surface area contributed by atoms with Crippen LogP contribution in [-0.4, -0.2) is 4.98 Å². The first-order valence-corrected chi connectivity index (χ1v) is 17.7. The number of allylic oxidation sites excluding steroid dienone is 4. The lowest BCUT2D eigenvalue weighted by Crippen LogP contribution is -1.93. The van der Waals surface area contributed by atoms with Gasteiger partial charge in [0, 0.05) is 17.5 Å². The highest BCUT2D eigenvalue weighted by Crippen LogP contribution is 2.46. The van der Waals surface area contributed by atoms with Crippen molar-refractivity contribution in [2.75, 3.05) is 0 Å². The molecule has 0 fully saturated rings. The molecule has 1 heterocycles. The Hall–Kier alpha value is -6.31. The molecule has 0 aliphatic rings. The van der Waals surface area contributed by atoms with Gasteiger partial charge in [-0.2, -0.15) is 0 Å². The van der Waals surface area contributed by atoms with Crippen molar-refractivity contribution in [3.05, 3.63) is 193 Å². The summed E-state index contributed by atoms with van der Waals surface area (Å²) in [6.45, 7) is 6.19. The normalized spacial score (nSPS) is 11.9. The molecule has 0 radical (unpaired) electrons. The van der Waals surface area contributed by atoms with Gasteiger partial charge in [-0.05, 0) is 116 Å². The zero-order valence-electron chi connectivity index (χ0n) is 29.3. The van der Waals surface area contributed by atoms with Crippen molar-refractivity contribution in [2.24, 2.45) is 0 Å². The Labute approximate surface area is 300 Å². The van der Waals surface area contributed by atoms with Crippen LogP contribution in [0.25, 0.3) is 82.8 Å². The minimum Gasteiger partial charge on any atom is -0.261 e. The second kappa shape index (κ2) is 13.9. The number of fused-ring (bicyclic) bond motifs is 2. The summed E-state index contributed by atoms with van der Waals surface area (Å²) >= 11 is 0. The molecule has 0 atom stereocenters. The Morgan fingerprint density at radius 2 is 0.980 bits per heavy atom. The molecule has 0 bridgehead atoms. The summed E-state index contributed by atoms with van der Waals surface area (Å²) in [5.74, 6) is 0. The van der Waals surface area contributed by atoms with E-state index in [-0.39, 0.29) is 0 Å². The molecule has 7 aromatic carbocycles. The molecule has 0 aliphatic heterocycles. The smallest absolute Gasteiger partial charge is 0.0373 e. The fourth-order valence-corrected chi connectivity index (χ4v) is 7.41. The Kier molecular flexibility index (Phi) is 8.70. The van der Waals surface area contributed by atoms with Crippen LogP contribution in [-0.2, 0) is 0 Å². The van der Waals surface area contributed by atoms with Gasteiger partial charge in [0.05, 0.1) is 0 Å². The van der Waals surface area contributed by atoms with Crippen LogP contribution in [0.3, 0.4) is 0 Å². The lowest BCUT2D eigenvalue weighted by Gasteiger charge is -2.20. The van der Waals surface area contributed by atoms with Crippen molar-refractivity contribution in [3.8, 4) is 55.6 Å². The van der Waals surface area contributed by atoms with Gasteiger partial charge in [0.25, 0.3) is 0 Å². The van der Waals surface area contributed by atoms with Gasteiger partial charge in [0.2, 0.25) is 0 Å². The summed E-state index contributed by atoms with van der Waals surface area (Å²) in [6, 6.07) is 57.7. The fraction of sp³-hybridized carbons (Fsp3) is 0.0600. The van der Waals surface area contributed by atoms with E-state index in [2.05, 4.69) is 195 Å². The van der Waals surface area contributed by atoms with Crippen LogP contribution in [0.2, 0.25) is 0 Å². The van der Waals surface area contributed by atoms with Crippen LogP contribution in [0.5, 0.6) is 0 Å².